The topological polar surface area (TPSA) is 470 Å². The van der Waals surface area contributed by atoms with Crippen molar-refractivity contribution in [2.45, 2.75) is 56.8 Å². The first-order valence-electron chi connectivity index (χ1n) is 43.6. The molecule has 3 atom stereocenters. The molecule has 0 saturated carbocycles. The molecule has 16 rings (SSSR count). The third-order valence-corrected chi connectivity index (χ3v) is 20.7. The van der Waals surface area contributed by atoms with E-state index in [2.05, 4.69) is 151 Å². The van der Waals surface area contributed by atoms with Gasteiger partial charge in [-0.1, -0.05) is 45.0 Å². The fourth-order valence-electron chi connectivity index (χ4n) is 13.8. The minimum Gasteiger partial charge on any atom is -0.497 e. The zero-order chi connectivity index (χ0) is 100. The van der Waals surface area contributed by atoms with E-state index in [1.54, 1.807) is 156 Å². The Balaban J connectivity index is 0.000000158. The van der Waals surface area contributed by atoms with Crippen molar-refractivity contribution >= 4 is 128 Å². The van der Waals surface area contributed by atoms with Crippen molar-refractivity contribution < 1.29 is 84.2 Å². The molecule has 41 nitrogen and oxygen atoms in total. The highest BCUT2D eigenvalue weighted by molar-refractivity contribution is 6.03. The van der Waals surface area contributed by atoms with E-state index in [9.17, 15) is 41.5 Å². The molecule has 9 N–H and O–H groups in total. The highest BCUT2D eigenvalue weighted by atomic mass is 19.1. The predicted molar refractivity (Wildman–Crippen MR) is 520 cm³/mol. The molecule has 732 valence electrons. The van der Waals surface area contributed by atoms with E-state index in [-0.39, 0.29) is 95.0 Å². The van der Waals surface area contributed by atoms with Crippen LogP contribution in [0.2, 0.25) is 0 Å². The first-order valence-corrected chi connectivity index (χ1v) is 43.6. The number of methoxy groups -OCH3 is 6. The molecular weight excluding hydrogens is 1830 g/mol. The summed E-state index contributed by atoms with van der Waals surface area (Å²) < 4.78 is 104. The Morgan fingerprint density at radius 1 is 0.376 bits per heavy atom. The molecule has 0 radical (unpaired) electrons. The largest absolute Gasteiger partial charge is 0.497 e. The van der Waals surface area contributed by atoms with Crippen LogP contribution in [0.3, 0.4) is 0 Å². The summed E-state index contributed by atoms with van der Waals surface area (Å²) in [5, 5.41) is 26.8. The van der Waals surface area contributed by atoms with Crippen molar-refractivity contribution in [2.75, 3.05) is 148 Å². The number of pyridine rings is 4. The van der Waals surface area contributed by atoms with E-state index in [4.69, 9.17) is 42.6 Å². The van der Waals surface area contributed by atoms with Crippen LogP contribution in [0.5, 0.6) is 52.5 Å². The molecule has 141 heavy (non-hydrogen) atoms. The summed E-state index contributed by atoms with van der Waals surface area (Å²) in [7, 11) is 9.24. The number of nitrogens with zero attached hydrogens (tertiary/aromatic N) is 18. The summed E-state index contributed by atoms with van der Waals surface area (Å²) in [5.74, 6) is 1.51. The van der Waals surface area contributed by atoms with Crippen LogP contribution in [0, 0.1) is 23.3 Å². The standard InChI is InChI=1S/C21H19FN6O3.C20H20N6O3.C19H22FN5O2.2C18H20FN5O3/c1-3-19(29)28-8-9-31-17-6-4-13(10-16(17)28)25-20-15(22)12-24-21(27-20)26-14-5-7-18(30-2)23-11-14;1-4-17(27)23-13-6-5-7-14(10-13)24-19-16(28-2)12-22-20(26-19)25-15-8-9-18(29-3)21-11-15;1-3-17(26)25-9-5-7-14(12-25)22-18-16(20)11-21-19(24-18)23-13-6-4-8-15(10-13)27-2;2*1-3-16(25)24-8-4-5-13(11-24)27-17-14(19)10-21-18(23-17)22-12-6-7-15(26-2)20-9-12/h3-7,10-12H,1,8-9H2,2H3,(H2,24,25,26,27);4-12H,1H2,2-3H3,(H,23,27)(H2,22,24,25,26);3-4,6,8,10-11,14H,1,5,7,9,12H2,2H3,(H2,21,22,23,24);2*3,6-7,9-10,13H,1,4-5,8,11H2,2H3,(H,21,22,23)/t;;14-;13-;/m..10./s1. The third-order valence-electron chi connectivity index (χ3n) is 20.7. The van der Waals surface area contributed by atoms with Gasteiger partial charge in [-0.15, -0.1) is 0 Å². The second-order valence-electron chi connectivity index (χ2n) is 30.3. The van der Waals surface area contributed by atoms with Crippen LogP contribution >= 0.6 is 0 Å². The molecule has 4 aliphatic heterocycles. The van der Waals surface area contributed by atoms with Gasteiger partial charge in [0.25, 0.3) is 17.7 Å². The minimum absolute atomic E-state index is 0.0303. The number of rotatable bonds is 32. The second-order valence-corrected chi connectivity index (χ2v) is 30.3. The maximum atomic E-state index is 14.3. The predicted octanol–water partition coefficient (Wildman–Crippen LogP) is 14.5. The van der Waals surface area contributed by atoms with Gasteiger partial charge in [0.05, 0.1) is 147 Å². The molecule has 3 saturated heterocycles. The second kappa shape index (κ2) is 51.1. The van der Waals surface area contributed by atoms with Gasteiger partial charge in [-0.3, -0.25) is 24.0 Å². The van der Waals surface area contributed by atoms with Crippen LogP contribution in [0.4, 0.5) is 116 Å². The Bertz CT molecular complexity index is 6200. The summed E-state index contributed by atoms with van der Waals surface area (Å²) in [6, 6.07) is 33.3. The van der Waals surface area contributed by atoms with Crippen molar-refractivity contribution in [3.05, 3.63) is 258 Å². The number of anilines is 17. The van der Waals surface area contributed by atoms with Crippen molar-refractivity contribution in [3.8, 4) is 52.5 Å². The van der Waals surface area contributed by atoms with Gasteiger partial charge >= 0.3 is 0 Å². The van der Waals surface area contributed by atoms with Gasteiger partial charge < -0.3 is 110 Å². The molecule has 0 bridgehead atoms. The van der Waals surface area contributed by atoms with Crippen LogP contribution in [-0.4, -0.2) is 227 Å². The number of hydrogen-bond acceptors (Lipinski definition) is 36. The number of halogens is 4. The highest BCUT2D eigenvalue weighted by Crippen LogP contribution is 2.37. The lowest BCUT2D eigenvalue weighted by Crippen LogP contribution is -2.44. The lowest BCUT2D eigenvalue weighted by Gasteiger charge is -2.32. The van der Waals surface area contributed by atoms with Crippen molar-refractivity contribution in [2.24, 2.45) is 0 Å². The van der Waals surface area contributed by atoms with Crippen LogP contribution < -0.4 is 95.4 Å². The lowest BCUT2D eigenvalue weighted by molar-refractivity contribution is -0.129. The van der Waals surface area contributed by atoms with Gasteiger partial charge in [0.1, 0.15) is 30.3 Å². The molecule has 0 spiro atoms. The number of fused-ring (bicyclic) bond motifs is 1. The normalized spacial score (nSPS) is 14.3. The molecule has 5 amide bonds. The fourth-order valence-corrected chi connectivity index (χ4v) is 13.8. The summed E-state index contributed by atoms with van der Waals surface area (Å²) >= 11 is 0. The third kappa shape index (κ3) is 30.0. The molecule has 3 aromatic carbocycles. The van der Waals surface area contributed by atoms with Gasteiger partial charge in [-0.05, 0) is 142 Å². The molecule has 0 aliphatic carbocycles. The number of ether oxygens (including phenoxy) is 9. The molecule has 1 unspecified atom stereocenters. The Kier molecular flexibility index (Phi) is 37.0. The average Bonchev–Trinajstić information content (AvgIpc) is 0.798. The van der Waals surface area contributed by atoms with E-state index in [0.29, 0.717) is 163 Å². The fraction of sp³-hybridized carbons (Fsp3) is 0.240. The summed E-state index contributed by atoms with van der Waals surface area (Å²) in [6.45, 7) is 21.4. The smallest absolute Gasteiger partial charge is 0.255 e. The molecule has 45 heteroatoms. The maximum Gasteiger partial charge on any atom is 0.255 e. The van der Waals surface area contributed by atoms with E-state index in [0.717, 1.165) is 56.2 Å². The quantitative estimate of drug-likeness (QED) is 0.0140. The molecule has 9 aromatic heterocycles. The molecule has 12 aromatic rings. The molecular formula is C96H101F4N27O14. The van der Waals surface area contributed by atoms with E-state index in [1.807, 2.05) is 24.3 Å². The van der Waals surface area contributed by atoms with Gasteiger partial charge in [0.2, 0.25) is 88.5 Å². The number of piperidine rings is 3. The number of carbonyl (C=O) groups excluding carboxylic acids is 5. The molecule has 4 aliphatic rings. The van der Waals surface area contributed by atoms with Gasteiger partial charge in [-0.25, -0.2) is 53.6 Å². The van der Waals surface area contributed by atoms with E-state index >= 15 is 0 Å². The number of hydrogen-bond donors (Lipinski definition) is 9. The van der Waals surface area contributed by atoms with Crippen LogP contribution in [0.1, 0.15) is 38.5 Å². The number of likely N-dealkylation sites (tertiary alicyclic amines) is 3. The number of amides is 5. The number of carbonyl (C=O) groups is 5. The number of aromatic nitrogens is 14. The maximum absolute atomic E-state index is 14.3. The van der Waals surface area contributed by atoms with E-state index in [1.165, 1.54) is 58.8 Å². The number of nitrogens with one attached hydrogen (secondary N) is 9. The summed E-state index contributed by atoms with van der Waals surface area (Å²) in [6.07, 6.45) is 22.2. The van der Waals surface area contributed by atoms with Gasteiger partial charge in [-0.2, -0.15) is 33.7 Å². The minimum atomic E-state index is -0.666. The van der Waals surface area contributed by atoms with Crippen LogP contribution in [0.25, 0.3) is 0 Å². The number of benzene rings is 3. The lowest BCUT2D eigenvalue weighted by atomic mass is 10.1. The van der Waals surface area contributed by atoms with Crippen LogP contribution in [0.15, 0.2) is 234 Å². The monoisotopic (exact) mass is 1930 g/mol. The van der Waals surface area contributed by atoms with Gasteiger partial charge in [0, 0.05) is 85.3 Å². The molecule has 3 fully saturated rings. The first-order chi connectivity index (χ1) is 68.4. The van der Waals surface area contributed by atoms with Crippen molar-refractivity contribution in [1.29, 1.82) is 0 Å². The highest BCUT2D eigenvalue weighted by Gasteiger charge is 2.30. The van der Waals surface area contributed by atoms with Crippen molar-refractivity contribution in [1.82, 2.24) is 84.5 Å². The Morgan fingerprint density at radius 2 is 0.780 bits per heavy atom. The summed E-state index contributed by atoms with van der Waals surface area (Å²) in [4.78, 5) is 123. The zero-order valence-electron chi connectivity index (χ0n) is 77.5. The first kappa shape index (κ1) is 102. The van der Waals surface area contributed by atoms with Gasteiger partial charge in [0.15, 0.2) is 34.8 Å². The Morgan fingerprint density at radius 3 is 1.24 bits per heavy atom. The summed E-state index contributed by atoms with van der Waals surface area (Å²) in [5.41, 5.74) is 5.71. The SMILES string of the molecule is C=CC(=O)N1CCCC(Oc2nc(Nc3ccc(OC)nc3)ncc2F)C1.C=CC(=O)N1CCC[C@@H](Nc2nc(Nc3cccc(OC)c3)ncc2F)C1.C=CC(=O)N1CCC[C@H](Oc2nc(Nc3ccc(OC)nc3)ncc2F)C1.C=CC(=O)N1CCOc2ccc(Nc3nc(Nc4ccc(OC)nc4)ncc3F)cc21.C=CC(=O)Nc1cccc(Nc2nc(Nc3ccc(OC)nc3)ncc2OC)c1. The average molecular weight is 1930 g/mol. The zero-order valence-corrected chi connectivity index (χ0v) is 77.5. The Labute approximate surface area is 807 Å². The molecule has 13 heterocycles. The Hall–Kier alpha value is -18.0. The van der Waals surface area contributed by atoms with Crippen LogP contribution in [-0.2, 0) is 24.0 Å². The van der Waals surface area contributed by atoms with E-state index < -0.39 is 23.3 Å². The van der Waals surface area contributed by atoms with Crippen molar-refractivity contribution in [3.63, 3.8) is 0 Å².